The molecule has 0 unspecified atom stereocenters. The van der Waals surface area contributed by atoms with E-state index in [0.717, 1.165) is 34.0 Å². The van der Waals surface area contributed by atoms with Gasteiger partial charge in [-0.15, -0.1) is 11.3 Å². The molecule has 0 spiro atoms. The molecule has 0 bridgehead atoms. The predicted molar refractivity (Wildman–Crippen MR) is 69.6 cm³/mol. The van der Waals surface area contributed by atoms with Gasteiger partial charge >= 0.3 is 0 Å². The van der Waals surface area contributed by atoms with Gasteiger partial charge in [-0.25, -0.2) is 4.98 Å². The van der Waals surface area contributed by atoms with E-state index >= 15 is 0 Å². The number of nitrogens with zero attached hydrogens (tertiary/aromatic N) is 1. The maximum Gasteiger partial charge on any atom is 0.162 e. The highest BCUT2D eigenvalue weighted by Gasteiger charge is 2.06. The molecule has 0 radical (unpaired) electrons. The van der Waals surface area contributed by atoms with Gasteiger partial charge in [0.1, 0.15) is 0 Å². The van der Waals surface area contributed by atoms with Crippen molar-refractivity contribution in [1.82, 2.24) is 10.3 Å². The van der Waals surface area contributed by atoms with Crippen LogP contribution >= 0.6 is 27.3 Å². The fraction of sp³-hybridized carbons (Fsp3) is 0.182. The molecule has 0 aliphatic heterocycles. The fourth-order valence-electron chi connectivity index (χ4n) is 1.23. The minimum atomic E-state index is 0.738. The summed E-state index contributed by atoms with van der Waals surface area (Å²) in [5.74, 6) is 0.821. The lowest BCUT2D eigenvalue weighted by Gasteiger charge is -1.99. The summed E-state index contributed by atoms with van der Waals surface area (Å²) in [5.41, 5.74) is 1.02. The van der Waals surface area contributed by atoms with E-state index in [-0.39, 0.29) is 0 Å². The van der Waals surface area contributed by atoms with Gasteiger partial charge in [-0.05, 0) is 12.1 Å². The summed E-state index contributed by atoms with van der Waals surface area (Å²) in [6.07, 6.45) is 1.66. The van der Waals surface area contributed by atoms with Crippen molar-refractivity contribution in [1.29, 1.82) is 0 Å². The largest absolute Gasteiger partial charge is 0.462 e. The van der Waals surface area contributed by atoms with Crippen LogP contribution in [0.1, 0.15) is 5.69 Å². The summed E-state index contributed by atoms with van der Waals surface area (Å²) in [5, 5.41) is 6.17. The van der Waals surface area contributed by atoms with Crippen molar-refractivity contribution < 1.29 is 4.42 Å². The van der Waals surface area contributed by atoms with Crippen LogP contribution in [0.15, 0.2) is 39.3 Å². The Morgan fingerprint density at radius 2 is 2.50 bits per heavy atom. The third-order valence-electron chi connectivity index (χ3n) is 1.91. The molecule has 0 fully saturated rings. The zero-order chi connectivity index (χ0) is 11.4. The molecule has 2 heterocycles. The van der Waals surface area contributed by atoms with Crippen LogP contribution < -0.4 is 5.32 Å². The van der Waals surface area contributed by atoms with Crippen LogP contribution in [0.3, 0.4) is 0 Å². The molecule has 0 atom stereocenters. The summed E-state index contributed by atoms with van der Waals surface area (Å²) in [6.45, 7) is 5.24. The quantitative estimate of drug-likeness (QED) is 0.919. The first kappa shape index (κ1) is 11.6. The van der Waals surface area contributed by atoms with Crippen molar-refractivity contribution in [2.24, 2.45) is 0 Å². The van der Waals surface area contributed by atoms with Crippen molar-refractivity contribution in [2.75, 3.05) is 6.54 Å². The van der Waals surface area contributed by atoms with Crippen LogP contribution in [-0.4, -0.2) is 11.5 Å². The van der Waals surface area contributed by atoms with Crippen molar-refractivity contribution in [3.8, 4) is 10.8 Å². The van der Waals surface area contributed by atoms with E-state index in [1.165, 1.54) is 0 Å². The van der Waals surface area contributed by atoms with Gasteiger partial charge in [-0.1, -0.05) is 22.5 Å². The van der Waals surface area contributed by atoms with E-state index in [9.17, 15) is 0 Å². The van der Waals surface area contributed by atoms with E-state index in [0.29, 0.717) is 0 Å². The van der Waals surface area contributed by atoms with Crippen molar-refractivity contribution >= 4 is 27.3 Å². The molecule has 5 heteroatoms. The van der Waals surface area contributed by atoms with E-state index < -0.39 is 0 Å². The first-order valence-electron chi connectivity index (χ1n) is 4.78. The highest BCUT2D eigenvalue weighted by Crippen LogP contribution is 2.23. The summed E-state index contributed by atoms with van der Waals surface area (Å²) in [6, 6.07) is 3.78. The summed E-state index contributed by atoms with van der Waals surface area (Å²) in [4.78, 5) is 4.47. The Labute approximate surface area is 106 Å². The average Bonchev–Trinajstić information content (AvgIpc) is 2.85. The van der Waals surface area contributed by atoms with E-state index in [1.807, 2.05) is 17.5 Å². The number of aromatic nitrogens is 1. The van der Waals surface area contributed by atoms with Gasteiger partial charge in [0.25, 0.3) is 0 Å². The average molecular weight is 299 g/mol. The van der Waals surface area contributed by atoms with Gasteiger partial charge in [-0.2, -0.15) is 0 Å². The molecule has 0 aliphatic carbocycles. The number of furan rings is 1. The van der Waals surface area contributed by atoms with Gasteiger partial charge in [0.2, 0.25) is 0 Å². The summed E-state index contributed by atoms with van der Waals surface area (Å²) < 4.78 is 6.22. The second kappa shape index (κ2) is 5.43. The second-order valence-corrected chi connectivity index (χ2v) is 5.22. The van der Waals surface area contributed by atoms with E-state index in [1.54, 1.807) is 17.6 Å². The van der Waals surface area contributed by atoms with Crippen LogP contribution in [0.2, 0.25) is 0 Å². The smallest absolute Gasteiger partial charge is 0.162 e. The maximum absolute atomic E-state index is 5.28. The molecule has 0 saturated heterocycles. The molecule has 84 valence electrons. The normalized spacial score (nSPS) is 10.6. The number of rotatable bonds is 5. The van der Waals surface area contributed by atoms with Crippen LogP contribution in [0.4, 0.5) is 0 Å². The molecule has 3 nitrogen and oxygen atoms in total. The summed E-state index contributed by atoms with van der Waals surface area (Å²) in [7, 11) is 0. The zero-order valence-corrected chi connectivity index (χ0v) is 11.0. The lowest BCUT2D eigenvalue weighted by molar-refractivity contribution is 0.581. The topological polar surface area (TPSA) is 38.1 Å². The second-order valence-electron chi connectivity index (χ2n) is 3.24. The molecular weight excluding hydrogens is 288 g/mol. The first-order valence-corrected chi connectivity index (χ1v) is 6.45. The van der Waals surface area contributed by atoms with Gasteiger partial charge in [0.15, 0.2) is 10.8 Å². The molecule has 2 aromatic heterocycles. The third kappa shape index (κ3) is 3.04. The van der Waals surface area contributed by atoms with Crippen LogP contribution in [0.5, 0.6) is 0 Å². The lowest BCUT2D eigenvalue weighted by atomic mass is 10.4. The van der Waals surface area contributed by atoms with Gasteiger partial charge in [0, 0.05) is 23.0 Å². The number of thiazole rings is 1. The van der Waals surface area contributed by atoms with Crippen molar-refractivity contribution in [3.05, 3.63) is 40.5 Å². The Bertz CT molecular complexity index is 464. The molecule has 0 amide bonds. The van der Waals surface area contributed by atoms with Crippen LogP contribution in [-0.2, 0) is 6.54 Å². The number of halogens is 1. The predicted octanol–water partition coefficient (Wildman–Crippen LogP) is 3.40. The third-order valence-corrected chi connectivity index (χ3v) is 3.09. The molecular formula is C11H11BrN2OS. The molecule has 1 N–H and O–H groups in total. The molecule has 16 heavy (non-hydrogen) atoms. The minimum absolute atomic E-state index is 0.738. The number of nitrogens with one attached hydrogen (secondary N) is 1. The van der Waals surface area contributed by atoms with Crippen molar-refractivity contribution in [2.45, 2.75) is 6.54 Å². The number of hydrogen-bond donors (Lipinski definition) is 1. The first-order chi connectivity index (χ1) is 7.75. The Morgan fingerprint density at radius 3 is 3.19 bits per heavy atom. The fourth-order valence-corrected chi connectivity index (χ4v) is 2.21. The van der Waals surface area contributed by atoms with E-state index in [4.69, 9.17) is 4.42 Å². The minimum Gasteiger partial charge on any atom is -0.462 e. The van der Waals surface area contributed by atoms with Gasteiger partial charge in [0.05, 0.1) is 12.0 Å². The SMILES string of the molecule is C=C(Br)CNCc1csc(-c2ccco2)n1. The van der Waals surface area contributed by atoms with Gasteiger partial charge < -0.3 is 9.73 Å². The maximum atomic E-state index is 5.28. The van der Waals surface area contributed by atoms with Crippen LogP contribution in [0, 0.1) is 0 Å². The highest BCUT2D eigenvalue weighted by atomic mass is 79.9. The monoisotopic (exact) mass is 298 g/mol. The summed E-state index contributed by atoms with van der Waals surface area (Å²) >= 11 is 4.88. The molecule has 2 aromatic rings. The molecule has 2 rings (SSSR count). The van der Waals surface area contributed by atoms with Gasteiger partial charge in [-0.3, -0.25) is 0 Å². The standard InChI is InChI=1S/C11H11BrN2OS/c1-8(12)5-13-6-9-7-16-11(14-9)10-3-2-4-15-10/h2-4,7,13H,1,5-6H2. The zero-order valence-electron chi connectivity index (χ0n) is 8.57. The highest BCUT2D eigenvalue weighted by molar-refractivity contribution is 9.11. The Hall–Kier alpha value is -0.910. The van der Waals surface area contributed by atoms with Crippen LogP contribution in [0.25, 0.3) is 10.8 Å². The molecule has 0 aromatic carbocycles. The Balaban J connectivity index is 1.95. The Kier molecular flexibility index (Phi) is 3.93. The number of hydrogen-bond acceptors (Lipinski definition) is 4. The lowest BCUT2D eigenvalue weighted by Crippen LogP contribution is -2.14. The van der Waals surface area contributed by atoms with E-state index in [2.05, 4.69) is 32.8 Å². The Morgan fingerprint density at radius 1 is 1.62 bits per heavy atom. The molecule has 0 saturated carbocycles. The van der Waals surface area contributed by atoms with Crippen molar-refractivity contribution in [3.63, 3.8) is 0 Å². The molecule has 0 aliphatic rings.